The minimum absolute atomic E-state index is 0.0110. The highest BCUT2D eigenvalue weighted by molar-refractivity contribution is 5.84. The predicted molar refractivity (Wildman–Crippen MR) is 69.2 cm³/mol. The molecule has 2 aromatic rings. The van der Waals surface area contributed by atoms with Crippen molar-refractivity contribution in [3.8, 4) is 0 Å². The molecule has 3 rings (SSSR count). The Morgan fingerprint density at radius 3 is 2.80 bits per heavy atom. The Balaban J connectivity index is 1.63. The highest BCUT2D eigenvalue weighted by Gasteiger charge is 2.34. The summed E-state index contributed by atoms with van der Waals surface area (Å²) in [6, 6.07) is 2.48. The van der Waals surface area contributed by atoms with Gasteiger partial charge in [0.2, 0.25) is 0 Å². The zero-order valence-electron chi connectivity index (χ0n) is 11.3. The third-order valence-corrected chi connectivity index (χ3v) is 3.83. The van der Waals surface area contributed by atoms with Crippen LogP contribution in [0, 0.1) is 0 Å². The van der Waals surface area contributed by atoms with Crippen molar-refractivity contribution >= 4 is 5.97 Å². The molecule has 106 valence electrons. The Kier molecular flexibility index (Phi) is 3.01. The average molecular weight is 276 g/mol. The van der Waals surface area contributed by atoms with Crippen LogP contribution in [0.25, 0.3) is 0 Å². The molecule has 20 heavy (non-hydrogen) atoms. The van der Waals surface area contributed by atoms with E-state index in [1.165, 1.54) is 6.20 Å². The normalized spacial score (nSPS) is 17.9. The van der Waals surface area contributed by atoms with E-state index in [0.717, 1.165) is 18.8 Å². The van der Waals surface area contributed by atoms with Gasteiger partial charge in [0.25, 0.3) is 0 Å². The maximum absolute atomic E-state index is 10.8. The van der Waals surface area contributed by atoms with Gasteiger partial charge in [0.1, 0.15) is 0 Å². The van der Waals surface area contributed by atoms with Crippen LogP contribution in [0.4, 0.5) is 0 Å². The van der Waals surface area contributed by atoms with Crippen molar-refractivity contribution in [2.75, 3.05) is 13.1 Å². The number of hydrogen-bond acceptors (Lipinski definition) is 5. The number of carbonyl (C=O) groups is 1. The first-order chi connectivity index (χ1) is 9.56. The van der Waals surface area contributed by atoms with Gasteiger partial charge >= 0.3 is 5.97 Å². The highest BCUT2D eigenvalue weighted by Crippen LogP contribution is 2.30. The summed E-state index contributed by atoms with van der Waals surface area (Å²) in [6.45, 7) is 3.79. The predicted octanol–water partition coefficient (Wildman–Crippen LogP) is 0.328. The van der Waals surface area contributed by atoms with Crippen LogP contribution in [0.3, 0.4) is 0 Å². The molecule has 3 heterocycles. The van der Waals surface area contributed by atoms with Crippen LogP contribution in [0.2, 0.25) is 0 Å². The molecule has 1 fully saturated rings. The minimum atomic E-state index is -1.05. The summed E-state index contributed by atoms with van der Waals surface area (Å²) in [6.07, 6.45) is 3.28. The molecule has 1 N–H and O–H groups in total. The van der Waals surface area contributed by atoms with E-state index < -0.39 is 5.97 Å². The van der Waals surface area contributed by atoms with Crippen molar-refractivity contribution in [2.24, 2.45) is 7.05 Å². The Labute approximate surface area is 115 Å². The van der Waals surface area contributed by atoms with Gasteiger partial charge in [-0.3, -0.25) is 9.58 Å². The monoisotopic (exact) mass is 276 g/mol. The summed E-state index contributed by atoms with van der Waals surface area (Å²) in [7, 11) is 1.93. The summed E-state index contributed by atoms with van der Waals surface area (Å²) in [5.74, 6) is -1.05. The topological polar surface area (TPSA) is 89.1 Å². The van der Waals surface area contributed by atoms with Gasteiger partial charge in [0.15, 0.2) is 5.69 Å². The van der Waals surface area contributed by atoms with Gasteiger partial charge in [-0.05, 0) is 13.0 Å². The molecule has 0 bridgehead atoms. The van der Waals surface area contributed by atoms with E-state index in [9.17, 15) is 4.79 Å². The van der Waals surface area contributed by atoms with Crippen LogP contribution < -0.4 is 0 Å². The number of aromatic carboxylic acids is 1. The van der Waals surface area contributed by atoms with Gasteiger partial charge in [-0.2, -0.15) is 5.10 Å². The minimum Gasteiger partial charge on any atom is -0.476 e. The van der Waals surface area contributed by atoms with Gasteiger partial charge in [0.05, 0.1) is 17.9 Å². The highest BCUT2D eigenvalue weighted by atomic mass is 16.4. The Bertz CT molecular complexity index is 627. The largest absolute Gasteiger partial charge is 0.476 e. The van der Waals surface area contributed by atoms with Crippen molar-refractivity contribution in [3.05, 3.63) is 29.8 Å². The molecule has 0 spiro atoms. The number of carboxylic acid groups (broad SMARTS) is 1. The van der Waals surface area contributed by atoms with E-state index >= 15 is 0 Å². The average Bonchev–Trinajstić information content (AvgIpc) is 2.95. The summed E-state index contributed by atoms with van der Waals surface area (Å²) in [4.78, 5) is 13.1. The molecule has 1 unspecified atom stereocenters. The third-order valence-electron chi connectivity index (χ3n) is 3.83. The lowest BCUT2D eigenvalue weighted by atomic mass is 10.0. The van der Waals surface area contributed by atoms with Crippen LogP contribution in [-0.2, 0) is 7.05 Å². The Morgan fingerprint density at radius 2 is 2.25 bits per heavy atom. The first-order valence-electron chi connectivity index (χ1n) is 6.43. The molecule has 8 nitrogen and oxygen atoms in total. The van der Waals surface area contributed by atoms with Gasteiger partial charge in [0, 0.05) is 32.4 Å². The summed E-state index contributed by atoms with van der Waals surface area (Å²) >= 11 is 0. The van der Waals surface area contributed by atoms with E-state index in [4.69, 9.17) is 5.11 Å². The fraction of sp³-hybridized carbons (Fsp3) is 0.500. The Morgan fingerprint density at radius 1 is 1.50 bits per heavy atom. The van der Waals surface area contributed by atoms with E-state index in [1.807, 2.05) is 17.8 Å². The zero-order valence-corrected chi connectivity index (χ0v) is 11.3. The number of nitrogens with zero attached hydrogens (tertiary/aromatic N) is 6. The molecule has 1 atom stereocenters. The molecule has 1 saturated heterocycles. The number of aryl methyl sites for hydroxylation is 1. The lowest BCUT2D eigenvalue weighted by Crippen LogP contribution is -2.49. The van der Waals surface area contributed by atoms with Gasteiger partial charge in [-0.15, -0.1) is 5.10 Å². The second-order valence-corrected chi connectivity index (χ2v) is 5.05. The SMILES string of the molecule is CC(c1ccnn1C)N1CC(n2cc(C(=O)O)nn2)C1. The van der Waals surface area contributed by atoms with Crippen molar-refractivity contribution in [3.63, 3.8) is 0 Å². The molecule has 0 amide bonds. The number of carboxylic acids is 1. The first-order valence-corrected chi connectivity index (χ1v) is 6.43. The van der Waals surface area contributed by atoms with Crippen LogP contribution in [0.1, 0.15) is 35.2 Å². The molecule has 8 heteroatoms. The van der Waals surface area contributed by atoms with Crippen LogP contribution in [0.5, 0.6) is 0 Å². The summed E-state index contributed by atoms with van der Waals surface area (Å²) in [5.41, 5.74) is 1.15. The molecule has 0 radical (unpaired) electrons. The van der Waals surface area contributed by atoms with E-state index in [0.29, 0.717) is 0 Å². The molecule has 2 aromatic heterocycles. The quantitative estimate of drug-likeness (QED) is 0.865. The van der Waals surface area contributed by atoms with Gasteiger partial charge in [-0.1, -0.05) is 5.21 Å². The van der Waals surface area contributed by atoms with Crippen LogP contribution >= 0.6 is 0 Å². The second-order valence-electron chi connectivity index (χ2n) is 5.05. The van der Waals surface area contributed by atoms with Crippen molar-refractivity contribution in [1.29, 1.82) is 0 Å². The molecular weight excluding hydrogens is 260 g/mol. The van der Waals surface area contributed by atoms with Gasteiger partial charge < -0.3 is 5.11 Å². The van der Waals surface area contributed by atoms with Crippen molar-refractivity contribution in [1.82, 2.24) is 29.7 Å². The lowest BCUT2D eigenvalue weighted by molar-refractivity contribution is 0.0553. The first kappa shape index (κ1) is 12.8. The molecule has 0 saturated carbocycles. The van der Waals surface area contributed by atoms with Crippen LogP contribution in [-0.4, -0.2) is 53.8 Å². The van der Waals surface area contributed by atoms with E-state index in [-0.39, 0.29) is 17.8 Å². The molecule has 0 aliphatic carbocycles. The van der Waals surface area contributed by atoms with E-state index in [2.05, 4.69) is 27.2 Å². The Hall–Kier alpha value is -2.22. The van der Waals surface area contributed by atoms with Crippen LogP contribution in [0.15, 0.2) is 18.5 Å². The molecular formula is C12H16N6O2. The van der Waals surface area contributed by atoms with Crippen molar-refractivity contribution < 1.29 is 9.90 Å². The van der Waals surface area contributed by atoms with Gasteiger partial charge in [-0.25, -0.2) is 9.48 Å². The van der Waals surface area contributed by atoms with E-state index in [1.54, 1.807) is 10.9 Å². The second kappa shape index (κ2) is 4.71. The number of hydrogen-bond donors (Lipinski definition) is 1. The summed E-state index contributed by atoms with van der Waals surface area (Å²) in [5, 5.41) is 20.5. The standard InChI is InChI=1S/C12H16N6O2/c1-8(11-3-4-13-16(11)2)17-5-9(6-17)18-7-10(12(19)20)14-15-18/h3-4,7-9H,5-6H2,1-2H3,(H,19,20). The molecule has 1 aliphatic rings. The number of aromatic nitrogens is 5. The van der Waals surface area contributed by atoms with Crippen molar-refractivity contribution in [2.45, 2.75) is 19.0 Å². The fourth-order valence-corrected chi connectivity index (χ4v) is 2.51. The smallest absolute Gasteiger partial charge is 0.358 e. The zero-order chi connectivity index (χ0) is 14.3. The third kappa shape index (κ3) is 2.07. The number of likely N-dealkylation sites (tertiary alicyclic amines) is 1. The molecule has 1 aliphatic heterocycles. The lowest BCUT2D eigenvalue weighted by Gasteiger charge is -2.42. The number of rotatable bonds is 4. The fourth-order valence-electron chi connectivity index (χ4n) is 2.51. The maximum atomic E-state index is 10.8. The summed E-state index contributed by atoms with van der Waals surface area (Å²) < 4.78 is 3.51. The maximum Gasteiger partial charge on any atom is 0.358 e. The molecule has 0 aromatic carbocycles.